The summed E-state index contributed by atoms with van der Waals surface area (Å²) in [4.78, 5) is 4.43. The van der Waals surface area contributed by atoms with E-state index >= 15 is 0 Å². The van der Waals surface area contributed by atoms with Gasteiger partial charge < -0.3 is 5.11 Å². The Hall–Kier alpha value is -2.99. The molecule has 0 saturated carbocycles. The van der Waals surface area contributed by atoms with E-state index in [0.717, 1.165) is 29.0 Å². The van der Waals surface area contributed by atoms with Crippen LogP contribution in [0.5, 0.6) is 0 Å². The van der Waals surface area contributed by atoms with Crippen molar-refractivity contribution in [1.29, 1.82) is 0 Å². The Labute approximate surface area is 139 Å². The minimum atomic E-state index is 0.0658. The number of aromatic nitrogens is 5. The molecular formula is C18H17N5O. The molecule has 6 heteroatoms. The average molecular weight is 319 g/mol. The molecule has 0 aliphatic carbocycles. The van der Waals surface area contributed by atoms with Gasteiger partial charge in [-0.25, -0.2) is 9.50 Å². The van der Waals surface area contributed by atoms with E-state index in [2.05, 4.69) is 22.2 Å². The molecule has 0 radical (unpaired) electrons. The Balaban J connectivity index is 1.70. The third-order valence-electron chi connectivity index (χ3n) is 3.92. The topological polar surface area (TPSA) is 68.2 Å². The molecule has 1 N–H and O–H groups in total. The summed E-state index contributed by atoms with van der Waals surface area (Å²) in [5.74, 6) is 0. The maximum atomic E-state index is 9.00. The van der Waals surface area contributed by atoms with Crippen LogP contribution in [0.3, 0.4) is 0 Å². The fraction of sp³-hybridized carbons (Fsp3) is 0.167. The maximum Gasteiger partial charge on any atom is 0.153 e. The van der Waals surface area contributed by atoms with E-state index in [1.165, 1.54) is 5.56 Å². The maximum absolute atomic E-state index is 9.00. The van der Waals surface area contributed by atoms with Gasteiger partial charge in [0.2, 0.25) is 0 Å². The number of aliphatic hydroxyl groups excluding tert-OH is 1. The zero-order valence-corrected chi connectivity index (χ0v) is 13.1. The van der Waals surface area contributed by atoms with E-state index in [1.54, 1.807) is 10.9 Å². The number of imidazole rings is 1. The minimum Gasteiger partial charge on any atom is -0.394 e. The first kappa shape index (κ1) is 14.6. The molecule has 0 aliphatic rings. The number of benzene rings is 1. The second kappa shape index (κ2) is 6.25. The van der Waals surface area contributed by atoms with Gasteiger partial charge in [-0.2, -0.15) is 10.2 Å². The molecule has 4 rings (SSSR count). The number of fused-ring (bicyclic) bond motifs is 1. The molecule has 3 heterocycles. The van der Waals surface area contributed by atoms with Gasteiger partial charge in [0.25, 0.3) is 0 Å². The van der Waals surface area contributed by atoms with Crippen LogP contribution >= 0.6 is 0 Å². The van der Waals surface area contributed by atoms with Gasteiger partial charge in [-0.05, 0) is 17.7 Å². The smallest absolute Gasteiger partial charge is 0.153 e. The molecule has 3 aromatic heterocycles. The van der Waals surface area contributed by atoms with E-state index in [1.807, 2.05) is 47.2 Å². The zero-order valence-electron chi connectivity index (χ0n) is 13.1. The predicted molar refractivity (Wildman–Crippen MR) is 90.5 cm³/mol. The van der Waals surface area contributed by atoms with E-state index in [-0.39, 0.29) is 6.61 Å². The highest BCUT2D eigenvalue weighted by Gasteiger charge is 2.09. The van der Waals surface area contributed by atoms with Gasteiger partial charge in [-0.3, -0.25) is 4.68 Å². The Morgan fingerprint density at radius 1 is 1.00 bits per heavy atom. The molecule has 1 aromatic carbocycles. The zero-order chi connectivity index (χ0) is 16.4. The van der Waals surface area contributed by atoms with E-state index < -0.39 is 0 Å². The van der Waals surface area contributed by atoms with Crippen molar-refractivity contribution in [2.75, 3.05) is 6.61 Å². The molecule has 0 atom stereocenters. The molecule has 0 spiro atoms. The monoisotopic (exact) mass is 319 g/mol. The highest BCUT2D eigenvalue weighted by atomic mass is 16.3. The Bertz CT molecular complexity index is 958. The van der Waals surface area contributed by atoms with Gasteiger partial charge in [-0.1, -0.05) is 30.3 Å². The van der Waals surface area contributed by atoms with Crippen LogP contribution in [0.1, 0.15) is 11.3 Å². The van der Waals surface area contributed by atoms with Crippen LogP contribution in [0.15, 0.2) is 61.1 Å². The molecule has 0 amide bonds. The Morgan fingerprint density at radius 2 is 1.88 bits per heavy atom. The van der Waals surface area contributed by atoms with Gasteiger partial charge in [0, 0.05) is 18.2 Å². The summed E-state index contributed by atoms with van der Waals surface area (Å²) >= 11 is 0. The summed E-state index contributed by atoms with van der Waals surface area (Å²) in [6.07, 6.45) is 6.30. The number of hydrogen-bond donors (Lipinski definition) is 1. The summed E-state index contributed by atoms with van der Waals surface area (Å²) in [5, 5.41) is 17.9. The second-order valence-corrected chi connectivity index (χ2v) is 5.62. The van der Waals surface area contributed by atoms with Crippen molar-refractivity contribution in [2.45, 2.75) is 13.0 Å². The van der Waals surface area contributed by atoms with Crippen LogP contribution in [-0.4, -0.2) is 36.1 Å². The lowest BCUT2D eigenvalue weighted by Crippen LogP contribution is -2.01. The van der Waals surface area contributed by atoms with Crippen molar-refractivity contribution < 1.29 is 5.11 Å². The largest absolute Gasteiger partial charge is 0.394 e. The summed E-state index contributed by atoms with van der Waals surface area (Å²) in [6.45, 7) is 0.545. The molecule has 0 unspecified atom stereocenters. The highest BCUT2D eigenvalue weighted by Crippen LogP contribution is 2.18. The first-order chi connectivity index (χ1) is 11.8. The molecule has 0 aliphatic heterocycles. The lowest BCUT2D eigenvalue weighted by atomic mass is 10.1. The molecule has 0 saturated heterocycles. The molecule has 4 aromatic rings. The van der Waals surface area contributed by atoms with Crippen LogP contribution < -0.4 is 0 Å². The highest BCUT2D eigenvalue weighted by molar-refractivity contribution is 5.58. The molecule has 6 nitrogen and oxygen atoms in total. The summed E-state index contributed by atoms with van der Waals surface area (Å²) < 4.78 is 3.59. The van der Waals surface area contributed by atoms with Crippen LogP contribution in [0.25, 0.3) is 16.9 Å². The quantitative estimate of drug-likeness (QED) is 0.612. The van der Waals surface area contributed by atoms with Crippen molar-refractivity contribution in [2.24, 2.45) is 0 Å². The number of hydrogen-bond acceptors (Lipinski definition) is 4. The first-order valence-corrected chi connectivity index (χ1v) is 7.85. The van der Waals surface area contributed by atoms with E-state index in [4.69, 9.17) is 10.2 Å². The SMILES string of the molecule is OCCn1cc(-c2ccc3ncc(Cc4ccccc4)n3n2)cn1. The third kappa shape index (κ3) is 2.79. The number of aliphatic hydroxyl groups is 1. The standard InChI is InChI=1S/C18H17N5O/c24-9-8-22-13-15(11-20-22)17-6-7-18-19-12-16(23(18)21-17)10-14-4-2-1-3-5-14/h1-7,11-13,24H,8-10H2. The molecular weight excluding hydrogens is 302 g/mol. The lowest BCUT2D eigenvalue weighted by Gasteiger charge is -2.03. The van der Waals surface area contributed by atoms with Crippen molar-refractivity contribution in [3.05, 3.63) is 72.3 Å². The normalized spacial score (nSPS) is 11.2. The molecule has 0 fully saturated rings. The lowest BCUT2D eigenvalue weighted by molar-refractivity contribution is 0.269. The van der Waals surface area contributed by atoms with E-state index in [9.17, 15) is 0 Å². The fourth-order valence-electron chi connectivity index (χ4n) is 2.72. The predicted octanol–water partition coefficient (Wildman–Crippen LogP) is 2.18. The fourth-order valence-corrected chi connectivity index (χ4v) is 2.72. The van der Waals surface area contributed by atoms with Crippen molar-refractivity contribution in [1.82, 2.24) is 24.4 Å². The van der Waals surface area contributed by atoms with Crippen LogP contribution in [-0.2, 0) is 13.0 Å². The minimum absolute atomic E-state index is 0.0658. The van der Waals surface area contributed by atoms with Crippen molar-refractivity contribution in [3.63, 3.8) is 0 Å². The summed E-state index contributed by atoms with van der Waals surface area (Å²) in [7, 11) is 0. The third-order valence-corrected chi connectivity index (χ3v) is 3.92. The van der Waals surface area contributed by atoms with Crippen LogP contribution in [0, 0.1) is 0 Å². The number of nitrogens with zero attached hydrogens (tertiary/aromatic N) is 5. The van der Waals surface area contributed by atoms with Gasteiger partial charge in [0.15, 0.2) is 5.65 Å². The second-order valence-electron chi connectivity index (χ2n) is 5.62. The molecule has 24 heavy (non-hydrogen) atoms. The number of rotatable bonds is 5. The first-order valence-electron chi connectivity index (χ1n) is 7.85. The Morgan fingerprint density at radius 3 is 2.71 bits per heavy atom. The van der Waals surface area contributed by atoms with Crippen molar-refractivity contribution in [3.8, 4) is 11.3 Å². The van der Waals surface area contributed by atoms with Crippen LogP contribution in [0.4, 0.5) is 0 Å². The van der Waals surface area contributed by atoms with Crippen LogP contribution in [0.2, 0.25) is 0 Å². The average Bonchev–Trinajstić information content (AvgIpc) is 3.23. The summed E-state index contributed by atoms with van der Waals surface area (Å²) in [5.41, 5.74) is 4.85. The van der Waals surface area contributed by atoms with E-state index in [0.29, 0.717) is 6.54 Å². The van der Waals surface area contributed by atoms with Gasteiger partial charge in [0.05, 0.1) is 36.9 Å². The van der Waals surface area contributed by atoms with Gasteiger partial charge >= 0.3 is 0 Å². The van der Waals surface area contributed by atoms with Gasteiger partial charge in [-0.15, -0.1) is 0 Å². The van der Waals surface area contributed by atoms with Crippen molar-refractivity contribution >= 4 is 5.65 Å². The Kier molecular flexibility index (Phi) is 3.80. The van der Waals surface area contributed by atoms with Gasteiger partial charge in [0.1, 0.15) is 0 Å². The molecule has 0 bridgehead atoms. The molecule has 120 valence electrons. The summed E-state index contributed by atoms with van der Waals surface area (Å²) in [6, 6.07) is 14.2.